The van der Waals surface area contributed by atoms with Crippen LogP contribution in [-0.4, -0.2) is 74.2 Å². The summed E-state index contributed by atoms with van der Waals surface area (Å²) in [4.78, 5) is 28.5. The molecule has 1 aromatic heterocycles. The fourth-order valence-electron chi connectivity index (χ4n) is 7.22. The Morgan fingerprint density at radius 2 is 1.95 bits per heavy atom. The van der Waals surface area contributed by atoms with Crippen LogP contribution in [0.3, 0.4) is 0 Å². The van der Waals surface area contributed by atoms with Crippen molar-refractivity contribution in [2.75, 3.05) is 13.2 Å². The number of likely N-dealkylation sites (tertiary alicyclic amines) is 1. The second-order valence-corrected chi connectivity index (χ2v) is 13.7. The summed E-state index contributed by atoms with van der Waals surface area (Å²) in [5.74, 6) is -0.340. The lowest BCUT2D eigenvalue weighted by atomic mass is 9.43. The topological polar surface area (TPSA) is 145 Å². The molecule has 2 bridgehead atoms. The number of ether oxygens (including phenoxy) is 1. The Balaban J connectivity index is 1.27. The molecule has 11 heteroatoms. The molecule has 3 saturated carbocycles. The van der Waals surface area contributed by atoms with E-state index >= 15 is 0 Å². The van der Waals surface area contributed by atoms with Gasteiger partial charge in [0.1, 0.15) is 35.7 Å². The predicted molar refractivity (Wildman–Crippen MR) is 155 cm³/mol. The summed E-state index contributed by atoms with van der Waals surface area (Å²) < 4.78 is 11.5. The number of carbonyl (C=O) groups excluding carboxylic acids is 2. The van der Waals surface area contributed by atoms with E-state index in [0.29, 0.717) is 40.1 Å². The maximum Gasteiger partial charge on any atom is 0.243 e. The van der Waals surface area contributed by atoms with Crippen LogP contribution >= 0.6 is 11.6 Å². The molecular formula is C31H42ClN3O7. The molecule has 0 spiro atoms. The number of nitrogens with zero attached hydrogens (tertiary/aromatic N) is 2. The molecule has 1 saturated heterocycles. The first-order valence-electron chi connectivity index (χ1n) is 14.7. The molecule has 2 amide bonds. The monoisotopic (exact) mass is 603 g/mol. The molecule has 42 heavy (non-hydrogen) atoms. The number of nitrogens with one attached hydrogen (secondary N) is 1. The number of aromatic nitrogens is 1. The summed E-state index contributed by atoms with van der Waals surface area (Å²) >= 11 is 6.26. The number of β-amino-alcohol motifs (C(OH)–C–C–N with tert-alkyl or cyclic N) is 1. The fraction of sp³-hybridized carbons (Fsp3) is 0.645. The molecule has 4 fully saturated rings. The quantitative estimate of drug-likeness (QED) is 0.342. The van der Waals surface area contributed by atoms with Gasteiger partial charge in [0, 0.05) is 36.2 Å². The van der Waals surface area contributed by atoms with Crippen molar-refractivity contribution < 1.29 is 34.2 Å². The highest BCUT2D eigenvalue weighted by Gasteiger charge is 2.65. The van der Waals surface area contributed by atoms with Gasteiger partial charge in [-0.2, -0.15) is 0 Å². The van der Waals surface area contributed by atoms with Crippen LogP contribution in [0, 0.1) is 30.1 Å². The van der Waals surface area contributed by atoms with Crippen LogP contribution in [0.25, 0.3) is 0 Å². The van der Waals surface area contributed by atoms with E-state index in [9.17, 15) is 24.9 Å². The smallest absolute Gasteiger partial charge is 0.243 e. The van der Waals surface area contributed by atoms with Crippen LogP contribution in [0.4, 0.5) is 0 Å². The highest BCUT2D eigenvalue weighted by atomic mass is 35.5. The van der Waals surface area contributed by atoms with E-state index < -0.39 is 35.7 Å². The highest BCUT2D eigenvalue weighted by molar-refractivity contribution is 6.30. The summed E-state index contributed by atoms with van der Waals surface area (Å²) in [5, 5.41) is 39.9. The third kappa shape index (κ3) is 5.54. The number of aliphatic hydroxyl groups excluding tert-OH is 2. The van der Waals surface area contributed by atoms with Crippen LogP contribution in [0.15, 0.2) is 28.8 Å². The summed E-state index contributed by atoms with van der Waals surface area (Å²) in [6.45, 7) is 9.83. The average molecular weight is 604 g/mol. The first kappa shape index (κ1) is 30.8. The lowest BCUT2D eigenvalue weighted by Gasteiger charge is -2.64. The molecule has 3 aliphatic carbocycles. The van der Waals surface area contributed by atoms with Crippen molar-refractivity contribution in [2.24, 2.45) is 23.2 Å². The maximum absolute atomic E-state index is 13.7. The molecular weight excluding hydrogens is 562 g/mol. The van der Waals surface area contributed by atoms with Gasteiger partial charge in [0.25, 0.3) is 0 Å². The minimum atomic E-state index is -1.39. The predicted octanol–water partition coefficient (Wildman–Crippen LogP) is 3.19. The number of aryl methyl sites for hydroxylation is 1. The first-order valence-corrected chi connectivity index (χ1v) is 15.1. The van der Waals surface area contributed by atoms with Crippen molar-refractivity contribution in [1.82, 2.24) is 15.4 Å². The Labute approximate surface area is 251 Å². The molecule has 4 N–H and O–H groups in total. The van der Waals surface area contributed by atoms with Crippen molar-refractivity contribution in [3.8, 4) is 5.75 Å². The minimum Gasteiger partial charge on any atom is -0.490 e. The lowest BCUT2D eigenvalue weighted by Crippen LogP contribution is -2.69. The number of hydrogen-bond acceptors (Lipinski definition) is 8. The molecule has 2 heterocycles. The molecule has 6 rings (SSSR count). The summed E-state index contributed by atoms with van der Waals surface area (Å²) in [6, 6.07) is 5.90. The van der Waals surface area contributed by atoms with E-state index in [1.54, 1.807) is 31.2 Å². The van der Waals surface area contributed by atoms with Gasteiger partial charge >= 0.3 is 0 Å². The zero-order valence-electron chi connectivity index (χ0n) is 24.8. The number of fused-ring (bicyclic) bond motifs is 2. The molecule has 1 aliphatic heterocycles. The Morgan fingerprint density at radius 1 is 1.21 bits per heavy atom. The largest absolute Gasteiger partial charge is 0.490 e. The van der Waals surface area contributed by atoms with Gasteiger partial charge in [0.05, 0.1) is 17.9 Å². The lowest BCUT2D eigenvalue weighted by molar-refractivity contribution is -0.262. The van der Waals surface area contributed by atoms with Gasteiger partial charge in [-0.1, -0.05) is 50.5 Å². The van der Waals surface area contributed by atoms with Gasteiger partial charge in [-0.05, 0) is 55.1 Å². The van der Waals surface area contributed by atoms with Gasteiger partial charge < -0.3 is 34.8 Å². The second kappa shape index (κ2) is 11.4. The number of rotatable bonds is 9. The number of carbonyl (C=O) groups is 2. The summed E-state index contributed by atoms with van der Waals surface area (Å²) in [6.07, 6.45) is -0.229. The number of aliphatic hydroxyl groups is 3. The van der Waals surface area contributed by atoms with Gasteiger partial charge in [0.15, 0.2) is 0 Å². The number of halogens is 1. The van der Waals surface area contributed by atoms with E-state index in [1.165, 1.54) is 4.90 Å². The Bertz CT molecular complexity index is 1330. The van der Waals surface area contributed by atoms with Crippen LogP contribution in [0.5, 0.6) is 5.75 Å². The van der Waals surface area contributed by atoms with E-state index in [-0.39, 0.29) is 49.3 Å². The fourth-order valence-corrected chi connectivity index (χ4v) is 7.38. The van der Waals surface area contributed by atoms with Gasteiger partial charge in [-0.25, -0.2) is 0 Å². The Kier molecular flexibility index (Phi) is 8.39. The van der Waals surface area contributed by atoms with E-state index in [1.807, 2.05) is 13.8 Å². The van der Waals surface area contributed by atoms with Crippen LogP contribution in [0.2, 0.25) is 5.02 Å². The van der Waals surface area contributed by atoms with E-state index in [4.69, 9.17) is 20.9 Å². The molecule has 1 unspecified atom stereocenters. The van der Waals surface area contributed by atoms with Gasteiger partial charge in [-0.15, -0.1) is 0 Å². The maximum atomic E-state index is 13.7. The number of hydrogen-bond donors (Lipinski definition) is 4. The molecule has 10 nitrogen and oxygen atoms in total. The second-order valence-electron chi connectivity index (χ2n) is 13.3. The molecule has 1 aromatic carbocycles. The number of benzene rings is 1. The molecule has 2 aromatic rings. The molecule has 230 valence electrons. The Morgan fingerprint density at radius 3 is 2.60 bits per heavy atom. The molecule has 0 radical (unpaired) electrons. The minimum absolute atomic E-state index is 0.0435. The average Bonchev–Trinajstić information content (AvgIpc) is 3.53. The van der Waals surface area contributed by atoms with Gasteiger partial charge in [0.2, 0.25) is 11.8 Å². The standard InChI is InChI=1S/C31H42ClN3O7/c1-16(2)27(24-8-17(3)34-42-24)29(39)35-14-21(36)12-22(35)28(38)33-13-18-6-7-20(32)11-23(18)41-15-31(40)25-9-19(10-26(31)37)30(25,4)5/h6-8,11,16,19,21-22,25-27,36-37,40H,9-10,12-15H2,1-5H3,(H,33,38)/t19-,21-,22+,25-,26+,27?,31-/m1/s1. The van der Waals surface area contributed by atoms with E-state index in [0.717, 1.165) is 6.42 Å². The molecule has 7 atom stereocenters. The van der Waals surface area contributed by atoms with Crippen LogP contribution in [0.1, 0.15) is 69.9 Å². The molecule has 4 aliphatic rings. The highest BCUT2D eigenvalue weighted by Crippen LogP contribution is 2.62. The van der Waals surface area contributed by atoms with E-state index in [2.05, 4.69) is 24.3 Å². The summed E-state index contributed by atoms with van der Waals surface area (Å²) in [7, 11) is 0. The SMILES string of the molecule is Cc1cc(C(C(=O)N2C[C@H](O)C[C@H]2C(=O)NCc2ccc(Cl)cc2OC[C@@]2(O)[C@@H]3C[C@H](C[C@@H]2O)C3(C)C)C(C)C)on1. The van der Waals surface area contributed by atoms with Crippen LogP contribution < -0.4 is 10.1 Å². The third-order valence-corrected chi connectivity index (χ3v) is 10.1. The first-order chi connectivity index (χ1) is 19.7. The third-order valence-electron chi connectivity index (χ3n) is 9.85. The van der Waals surface area contributed by atoms with Crippen molar-refractivity contribution in [3.05, 3.63) is 46.3 Å². The zero-order valence-corrected chi connectivity index (χ0v) is 25.6. The van der Waals surface area contributed by atoms with Gasteiger partial charge in [-0.3, -0.25) is 9.59 Å². The van der Waals surface area contributed by atoms with Crippen molar-refractivity contribution >= 4 is 23.4 Å². The zero-order chi connectivity index (χ0) is 30.6. The van der Waals surface area contributed by atoms with Crippen LogP contribution in [-0.2, 0) is 16.1 Å². The normalized spacial score (nSPS) is 30.6. The Hall–Kier alpha value is -2.66. The van der Waals surface area contributed by atoms with Crippen molar-refractivity contribution in [2.45, 2.75) is 90.2 Å². The van der Waals surface area contributed by atoms with Crippen molar-refractivity contribution in [1.29, 1.82) is 0 Å². The van der Waals surface area contributed by atoms with Crippen molar-refractivity contribution in [3.63, 3.8) is 0 Å². The summed E-state index contributed by atoms with van der Waals surface area (Å²) in [5.41, 5.74) is -0.193. The number of amides is 2.